The first-order valence-corrected chi connectivity index (χ1v) is 9.41. The normalized spacial score (nSPS) is 19.1. The zero-order valence-corrected chi connectivity index (χ0v) is 14.8. The van der Waals surface area contributed by atoms with E-state index in [0.717, 1.165) is 31.6 Å². The van der Waals surface area contributed by atoms with Crippen LogP contribution in [0.3, 0.4) is 0 Å². The maximum absolute atomic E-state index is 12.5. The smallest absolute Gasteiger partial charge is 0.236 e. The van der Waals surface area contributed by atoms with Crippen LogP contribution in [0.1, 0.15) is 44.2 Å². The third-order valence-electron chi connectivity index (χ3n) is 4.66. The molecule has 0 aliphatic carbocycles. The summed E-state index contributed by atoms with van der Waals surface area (Å²) >= 11 is 1.78. The van der Waals surface area contributed by atoms with Crippen molar-refractivity contribution in [3.8, 4) is 0 Å². The molecule has 0 N–H and O–H groups in total. The van der Waals surface area contributed by atoms with E-state index in [4.69, 9.17) is 4.98 Å². The molecule has 1 amide bonds. The third kappa shape index (κ3) is 3.56. The number of carbonyl (C=O) groups is 1. The molecule has 4 nitrogen and oxygen atoms in total. The van der Waals surface area contributed by atoms with Gasteiger partial charge in [-0.15, -0.1) is 11.3 Å². The lowest BCUT2D eigenvalue weighted by Crippen LogP contribution is -2.43. The zero-order chi connectivity index (χ0) is 16.2. The van der Waals surface area contributed by atoms with Gasteiger partial charge < -0.3 is 4.90 Å². The van der Waals surface area contributed by atoms with Crippen LogP contribution in [0.4, 0.5) is 0 Å². The fourth-order valence-corrected chi connectivity index (χ4v) is 4.48. The Bertz CT molecular complexity index is 632. The molecular formula is C18H25N3OS. The Hall–Kier alpha value is -1.46. The molecule has 23 heavy (non-hydrogen) atoms. The lowest BCUT2D eigenvalue weighted by atomic mass is 10.0. The molecule has 1 saturated heterocycles. The van der Waals surface area contributed by atoms with Crippen molar-refractivity contribution in [2.45, 2.75) is 39.2 Å². The van der Waals surface area contributed by atoms with Crippen molar-refractivity contribution in [2.75, 3.05) is 26.2 Å². The van der Waals surface area contributed by atoms with Crippen molar-refractivity contribution >= 4 is 27.5 Å². The molecule has 2 heterocycles. The fourth-order valence-electron chi connectivity index (χ4n) is 3.34. The van der Waals surface area contributed by atoms with E-state index in [9.17, 15) is 4.79 Å². The molecule has 0 saturated carbocycles. The minimum Gasteiger partial charge on any atom is -0.342 e. The number of hydrogen-bond donors (Lipinski definition) is 0. The second-order valence-electron chi connectivity index (χ2n) is 6.07. The first-order valence-electron chi connectivity index (χ1n) is 8.60. The highest BCUT2D eigenvalue weighted by atomic mass is 32.1. The van der Waals surface area contributed by atoms with Gasteiger partial charge in [-0.1, -0.05) is 18.6 Å². The number of para-hydroxylation sites is 1. The monoisotopic (exact) mass is 331 g/mol. The number of nitrogens with zero attached hydrogens (tertiary/aromatic N) is 3. The van der Waals surface area contributed by atoms with E-state index in [1.807, 2.05) is 24.8 Å². The van der Waals surface area contributed by atoms with E-state index in [1.165, 1.54) is 22.5 Å². The Morgan fingerprint density at radius 2 is 2.09 bits per heavy atom. The SMILES string of the molecule is CCN(CC)C(=O)CN1CCCCC1c1nc2ccccc2s1. The Kier molecular flexibility index (Phi) is 5.28. The number of carbonyl (C=O) groups excluding carboxylic acids is 1. The van der Waals surface area contributed by atoms with Gasteiger partial charge in [0.15, 0.2) is 0 Å². The number of hydrogen-bond acceptors (Lipinski definition) is 4. The summed E-state index contributed by atoms with van der Waals surface area (Å²) in [5.41, 5.74) is 1.08. The van der Waals surface area contributed by atoms with Crippen molar-refractivity contribution in [1.82, 2.24) is 14.8 Å². The van der Waals surface area contributed by atoms with Gasteiger partial charge in [-0.3, -0.25) is 9.69 Å². The molecule has 3 rings (SSSR count). The van der Waals surface area contributed by atoms with Crippen molar-refractivity contribution in [3.63, 3.8) is 0 Å². The van der Waals surface area contributed by atoms with Gasteiger partial charge in [0.05, 0.1) is 22.8 Å². The van der Waals surface area contributed by atoms with Crippen LogP contribution in [-0.2, 0) is 4.79 Å². The van der Waals surface area contributed by atoms with Gasteiger partial charge in [-0.25, -0.2) is 4.98 Å². The molecule has 0 bridgehead atoms. The van der Waals surface area contributed by atoms with Gasteiger partial charge in [-0.05, 0) is 45.4 Å². The fraction of sp³-hybridized carbons (Fsp3) is 0.556. The molecule has 2 aromatic rings. The van der Waals surface area contributed by atoms with Crippen LogP contribution in [0.15, 0.2) is 24.3 Å². The standard InChI is InChI=1S/C18H25N3OS/c1-3-20(4-2)17(22)13-21-12-8-7-10-15(21)18-19-14-9-5-6-11-16(14)23-18/h5-6,9,11,15H,3-4,7-8,10,12-13H2,1-2H3. The summed E-state index contributed by atoms with van der Waals surface area (Å²) < 4.78 is 1.24. The van der Waals surface area contributed by atoms with Crippen LogP contribution in [0.25, 0.3) is 10.2 Å². The third-order valence-corrected chi connectivity index (χ3v) is 5.80. The van der Waals surface area contributed by atoms with E-state index >= 15 is 0 Å². The molecule has 0 radical (unpaired) electrons. The van der Waals surface area contributed by atoms with Gasteiger partial charge in [0.25, 0.3) is 0 Å². The summed E-state index contributed by atoms with van der Waals surface area (Å²) in [6, 6.07) is 8.59. The van der Waals surface area contributed by atoms with Crippen molar-refractivity contribution in [1.29, 1.82) is 0 Å². The first-order chi connectivity index (χ1) is 11.2. The number of amides is 1. The Labute approximate surface area is 142 Å². The van der Waals surface area contributed by atoms with Crippen molar-refractivity contribution < 1.29 is 4.79 Å². The van der Waals surface area contributed by atoms with Crippen LogP contribution < -0.4 is 0 Å². The summed E-state index contributed by atoms with van der Waals surface area (Å²) in [5.74, 6) is 0.239. The van der Waals surface area contributed by atoms with E-state index in [0.29, 0.717) is 12.6 Å². The number of likely N-dealkylation sites (tertiary alicyclic amines) is 1. The number of likely N-dealkylation sites (N-methyl/N-ethyl adjacent to an activating group) is 1. The predicted octanol–water partition coefficient (Wildman–Crippen LogP) is 3.69. The molecule has 0 spiro atoms. The number of benzene rings is 1. The van der Waals surface area contributed by atoms with Gasteiger partial charge >= 0.3 is 0 Å². The van der Waals surface area contributed by atoms with E-state index in [1.54, 1.807) is 11.3 Å². The lowest BCUT2D eigenvalue weighted by molar-refractivity contribution is -0.133. The minimum atomic E-state index is 0.239. The summed E-state index contributed by atoms with van der Waals surface area (Å²) in [6.07, 6.45) is 3.49. The van der Waals surface area contributed by atoms with Crippen molar-refractivity contribution in [2.24, 2.45) is 0 Å². The predicted molar refractivity (Wildman–Crippen MR) is 95.7 cm³/mol. The average Bonchev–Trinajstić information content (AvgIpc) is 3.00. The van der Waals surface area contributed by atoms with Gasteiger partial charge in [0.2, 0.25) is 5.91 Å². The molecule has 1 atom stereocenters. The number of aromatic nitrogens is 1. The lowest BCUT2D eigenvalue weighted by Gasteiger charge is -2.35. The van der Waals surface area contributed by atoms with E-state index in [-0.39, 0.29) is 5.91 Å². The Balaban J connectivity index is 1.79. The van der Waals surface area contributed by atoms with Crippen LogP contribution >= 0.6 is 11.3 Å². The van der Waals surface area contributed by atoms with Gasteiger partial charge in [0, 0.05) is 13.1 Å². The van der Waals surface area contributed by atoms with Crippen LogP contribution in [0.2, 0.25) is 0 Å². The van der Waals surface area contributed by atoms with Gasteiger partial charge in [-0.2, -0.15) is 0 Å². The number of piperidine rings is 1. The van der Waals surface area contributed by atoms with E-state index < -0.39 is 0 Å². The van der Waals surface area contributed by atoms with Crippen LogP contribution in [-0.4, -0.2) is 46.9 Å². The average molecular weight is 331 g/mol. The highest BCUT2D eigenvalue weighted by molar-refractivity contribution is 7.18. The highest BCUT2D eigenvalue weighted by Gasteiger charge is 2.29. The van der Waals surface area contributed by atoms with Crippen LogP contribution in [0.5, 0.6) is 0 Å². The molecule has 1 aliphatic rings. The Morgan fingerprint density at radius 1 is 1.30 bits per heavy atom. The molecule has 124 valence electrons. The Morgan fingerprint density at radius 3 is 2.83 bits per heavy atom. The number of fused-ring (bicyclic) bond motifs is 1. The van der Waals surface area contributed by atoms with Crippen molar-refractivity contribution in [3.05, 3.63) is 29.3 Å². The molecule has 1 unspecified atom stereocenters. The van der Waals surface area contributed by atoms with E-state index in [2.05, 4.69) is 23.1 Å². The summed E-state index contributed by atoms with van der Waals surface area (Å²) in [4.78, 5) is 21.6. The quantitative estimate of drug-likeness (QED) is 0.838. The molecule has 1 fully saturated rings. The summed E-state index contributed by atoms with van der Waals surface area (Å²) in [6.45, 7) is 7.17. The number of thiazole rings is 1. The minimum absolute atomic E-state index is 0.239. The maximum atomic E-state index is 12.5. The maximum Gasteiger partial charge on any atom is 0.236 e. The molecule has 1 aliphatic heterocycles. The van der Waals surface area contributed by atoms with Crippen LogP contribution in [0, 0.1) is 0 Å². The molecule has 5 heteroatoms. The molecule has 1 aromatic carbocycles. The highest BCUT2D eigenvalue weighted by Crippen LogP contribution is 2.35. The second-order valence-corrected chi connectivity index (χ2v) is 7.13. The first kappa shape index (κ1) is 16.4. The summed E-state index contributed by atoms with van der Waals surface area (Å²) in [5, 5.41) is 1.17. The second kappa shape index (κ2) is 7.41. The summed E-state index contributed by atoms with van der Waals surface area (Å²) in [7, 11) is 0. The van der Waals surface area contributed by atoms with Gasteiger partial charge in [0.1, 0.15) is 5.01 Å². The molecular weight excluding hydrogens is 306 g/mol. The molecule has 1 aromatic heterocycles. The number of rotatable bonds is 5. The topological polar surface area (TPSA) is 36.4 Å². The zero-order valence-electron chi connectivity index (χ0n) is 14.0. The largest absolute Gasteiger partial charge is 0.342 e.